The molecule has 0 radical (unpaired) electrons. The van der Waals surface area contributed by atoms with E-state index < -0.39 is 0 Å². The summed E-state index contributed by atoms with van der Waals surface area (Å²) in [5.74, 6) is -0.379. The van der Waals surface area contributed by atoms with Gasteiger partial charge in [-0.1, -0.05) is 62.2 Å². The molecule has 0 spiro atoms. The molecule has 0 unspecified atom stereocenters. The number of anilines is 1. The molecule has 0 aromatic heterocycles. The van der Waals surface area contributed by atoms with E-state index >= 15 is 0 Å². The van der Waals surface area contributed by atoms with Crippen molar-refractivity contribution in [1.82, 2.24) is 10.2 Å². The van der Waals surface area contributed by atoms with Crippen LogP contribution in [0.5, 0.6) is 0 Å². The first-order chi connectivity index (χ1) is 18.0. The maximum atomic E-state index is 12.9. The smallest absolute Gasteiger partial charge is 0.410 e. The largest absolute Gasteiger partial charge is 0.447 e. The number of ether oxygens (including phenoxy) is 1. The molecule has 1 fully saturated rings. The van der Waals surface area contributed by atoms with Crippen molar-refractivity contribution in [2.75, 3.05) is 18.5 Å². The first-order valence-electron chi connectivity index (χ1n) is 12.8. The minimum atomic E-state index is -0.342. The van der Waals surface area contributed by atoms with Gasteiger partial charge >= 0.3 is 6.09 Å². The third-order valence-electron chi connectivity index (χ3n) is 6.40. The van der Waals surface area contributed by atoms with Gasteiger partial charge in [0.1, 0.15) is 6.61 Å². The van der Waals surface area contributed by atoms with Crippen molar-refractivity contribution in [2.24, 2.45) is 0 Å². The summed E-state index contributed by atoms with van der Waals surface area (Å²) >= 11 is 0. The number of rotatable bonds is 11. The van der Waals surface area contributed by atoms with Crippen LogP contribution in [0.3, 0.4) is 0 Å². The van der Waals surface area contributed by atoms with Crippen LogP contribution in [-0.4, -0.2) is 42.0 Å². The Labute approximate surface area is 217 Å². The lowest BCUT2D eigenvalue weighted by molar-refractivity contribution is 0.0952. The maximum Gasteiger partial charge on any atom is 0.410 e. The Balaban J connectivity index is 1.35. The van der Waals surface area contributed by atoms with Gasteiger partial charge in [0.15, 0.2) is 0 Å². The molecule has 1 aliphatic rings. The number of hydrogen-bond acceptors (Lipinski definition) is 4. The van der Waals surface area contributed by atoms with Crippen molar-refractivity contribution in [3.05, 3.63) is 101 Å². The Morgan fingerprint density at radius 2 is 1.65 bits per heavy atom. The van der Waals surface area contributed by atoms with E-state index in [-0.39, 0.29) is 23.9 Å². The Kier molecular flexibility index (Phi) is 8.92. The number of carbonyl (C=O) groups is 3. The molecule has 1 atom stereocenters. The van der Waals surface area contributed by atoms with Crippen LogP contribution < -0.4 is 10.6 Å². The molecule has 1 heterocycles. The molecule has 7 nitrogen and oxygen atoms in total. The van der Waals surface area contributed by atoms with Crippen LogP contribution in [0.25, 0.3) is 0 Å². The number of unbranched alkanes of at least 4 members (excludes halogenated alkanes) is 2. The fourth-order valence-corrected chi connectivity index (χ4v) is 4.33. The molecule has 7 heteroatoms. The number of cyclic esters (lactones) is 1. The zero-order valence-corrected chi connectivity index (χ0v) is 21.1. The van der Waals surface area contributed by atoms with E-state index in [1.807, 2.05) is 42.5 Å². The molecular weight excluding hydrogens is 466 g/mol. The number of amides is 3. The molecule has 0 aliphatic carbocycles. The van der Waals surface area contributed by atoms with Crippen LogP contribution in [0.15, 0.2) is 78.9 Å². The van der Waals surface area contributed by atoms with E-state index in [4.69, 9.17) is 4.74 Å². The molecular formula is C30H33N3O4. The lowest BCUT2D eigenvalue weighted by Crippen LogP contribution is -2.34. The summed E-state index contributed by atoms with van der Waals surface area (Å²) in [4.78, 5) is 39.3. The second kappa shape index (κ2) is 12.7. The summed E-state index contributed by atoms with van der Waals surface area (Å²) in [6, 6.07) is 24.0. The van der Waals surface area contributed by atoms with Gasteiger partial charge in [-0.15, -0.1) is 0 Å². The minimum Gasteiger partial charge on any atom is -0.447 e. The predicted octanol–water partition coefficient (Wildman–Crippen LogP) is 5.42. The lowest BCUT2D eigenvalue weighted by Gasteiger charge is -2.22. The van der Waals surface area contributed by atoms with Gasteiger partial charge in [-0.05, 0) is 60.4 Å². The summed E-state index contributed by atoms with van der Waals surface area (Å²) in [6.45, 7) is 3.49. The number of carbonyl (C=O) groups excluding carboxylic acids is 3. The second-order valence-corrected chi connectivity index (χ2v) is 9.24. The standard InChI is InChI=1S/C30H33N3O4/c1-2-3-7-17-31-28(34)24-13-15-26(16-14-24)32-29(35)25-12-8-11-23(18-25)20-33-27(21-37-30(33)36)19-22-9-5-4-6-10-22/h4-6,8-16,18,27H,2-3,7,17,19-21H2,1H3,(H,31,34)(H,32,35)/t27-/m0/s1. The van der Waals surface area contributed by atoms with Crippen LogP contribution in [0.2, 0.25) is 0 Å². The highest BCUT2D eigenvalue weighted by Gasteiger charge is 2.33. The second-order valence-electron chi connectivity index (χ2n) is 9.24. The Morgan fingerprint density at radius 1 is 0.892 bits per heavy atom. The first-order valence-corrected chi connectivity index (χ1v) is 12.8. The summed E-state index contributed by atoms with van der Waals surface area (Å²) < 4.78 is 5.32. The van der Waals surface area contributed by atoms with Crippen LogP contribution in [0.1, 0.15) is 58.0 Å². The van der Waals surface area contributed by atoms with E-state index in [9.17, 15) is 14.4 Å². The van der Waals surface area contributed by atoms with Crippen molar-refractivity contribution in [3.8, 4) is 0 Å². The zero-order valence-electron chi connectivity index (χ0n) is 21.1. The average Bonchev–Trinajstić information content (AvgIpc) is 3.26. The number of benzene rings is 3. The summed E-state index contributed by atoms with van der Waals surface area (Å²) in [7, 11) is 0. The van der Waals surface area contributed by atoms with Crippen molar-refractivity contribution in [1.29, 1.82) is 0 Å². The molecule has 0 saturated carbocycles. The molecule has 3 aromatic rings. The van der Waals surface area contributed by atoms with E-state index in [1.165, 1.54) is 0 Å². The Hall–Kier alpha value is -4.13. The predicted molar refractivity (Wildman–Crippen MR) is 144 cm³/mol. The van der Waals surface area contributed by atoms with Crippen molar-refractivity contribution < 1.29 is 19.1 Å². The van der Waals surface area contributed by atoms with Gasteiger partial charge < -0.3 is 15.4 Å². The molecule has 3 aromatic carbocycles. The van der Waals surface area contributed by atoms with Crippen LogP contribution in [-0.2, 0) is 17.7 Å². The van der Waals surface area contributed by atoms with Crippen LogP contribution in [0.4, 0.5) is 10.5 Å². The minimum absolute atomic E-state index is 0.0604. The highest BCUT2D eigenvalue weighted by Crippen LogP contribution is 2.21. The molecule has 37 heavy (non-hydrogen) atoms. The van der Waals surface area contributed by atoms with Gasteiger partial charge in [-0.2, -0.15) is 0 Å². The van der Waals surface area contributed by atoms with Crippen LogP contribution in [0, 0.1) is 0 Å². The number of hydrogen-bond donors (Lipinski definition) is 2. The van der Waals surface area contributed by atoms with Crippen molar-refractivity contribution in [3.63, 3.8) is 0 Å². The molecule has 3 amide bonds. The van der Waals surface area contributed by atoms with Gasteiger partial charge in [-0.25, -0.2) is 4.79 Å². The van der Waals surface area contributed by atoms with Gasteiger partial charge in [0.25, 0.3) is 11.8 Å². The highest BCUT2D eigenvalue weighted by molar-refractivity contribution is 6.04. The normalized spacial score (nSPS) is 14.8. The lowest BCUT2D eigenvalue weighted by atomic mass is 10.0. The van der Waals surface area contributed by atoms with Crippen molar-refractivity contribution in [2.45, 2.75) is 45.2 Å². The average molecular weight is 500 g/mol. The van der Waals surface area contributed by atoms with Crippen LogP contribution >= 0.6 is 0 Å². The van der Waals surface area contributed by atoms with E-state index in [2.05, 4.69) is 17.6 Å². The van der Waals surface area contributed by atoms with Gasteiger partial charge in [0.05, 0.1) is 6.04 Å². The molecule has 1 aliphatic heterocycles. The molecule has 1 saturated heterocycles. The summed E-state index contributed by atoms with van der Waals surface area (Å²) in [5, 5.41) is 5.79. The highest BCUT2D eigenvalue weighted by atomic mass is 16.6. The maximum absolute atomic E-state index is 12.9. The number of nitrogens with zero attached hydrogens (tertiary/aromatic N) is 1. The topological polar surface area (TPSA) is 87.7 Å². The Bertz CT molecular complexity index is 1210. The Morgan fingerprint density at radius 3 is 2.41 bits per heavy atom. The van der Waals surface area contributed by atoms with E-state index in [1.54, 1.807) is 41.3 Å². The van der Waals surface area contributed by atoms with Gasteiger partial charge in [0.2, 0.25) is 0 Å². The quantitative estimate of drug-likeness (QED) is 0.345. The van der Waals surface area contributed by atoms with Crippen molar-refractivity contribution >= 4 is 23.6 Å². The van der Waals surface area contributed by atoms with Gasteiger partial charge in [-0.3, -0.25) is 14.5 Å². The number of nitrogens with one attached hydrogen (secondary N) is 2. The van der Waals surface area contributed by atoms with Gasteiger partial charge in [0, 0.05) is 29.9 Å². The molecule has 4 rings (SSSR count). The fraction of sp³-hybridized carbons (Fsp3) is 0.300. The molecule has 0 bridgehead atoms. The SMILES string of the molecule is CCCCCNC(=O)c1ccc(NC(=O)c2cccc(CN3C(=O)OC[C@@H]3Cc3ccccc3)c2)cc1. The van der Waals surface area contributed by atoms with E-state index in [0.717, 1.165) is 30.4 Å². The fourth-order valence-electron chi connectivity index (χ4n) is 4.33. The summed E-state index contributed by atoms with van der Waals surface area (Å²) in [5.41, 5.74) is 3.63. The third kappa shape index (κ3) is 7.19. The molecule has 2 N–H and O–H groups in total. The summed E-state index contributed by atoms with van der Waals surface area (Å²) in [6.07, 6.45) is 3.52. The first kappa shape index (κ1) is 25.9. The zero-order chi connectivity index (χ0) is 26.0. The monoisotopic (exact) mass is 499 g/mol. The third-order valence-corrected chi connectivity index (χ3v) is 6.40. The van der Waals surface area contributed by atoms with E-state index in [0.29, 0.717) is 42.9 Å². The molecule has 192 valence electrons.